The van der Waals surface area contributed by atoms with Crippen molar-refractivity contribution in [2.75, 3.05) is 18.5 Å². The van der Waals surface area contributed by atoms with Gasteiger partial charge in [0.1, 0.15) is 11.3 Å². The molecule has 0 radical (unpaired) electrons. The number of halogens is 4. The number of ether oxygens (including phenoxy) is 1. The number of fused-ring (bicyclic) bond motifs is 1. The molecule has 3 aromatic rings. The summed E-state index contributed by atoms with van der Waals surface area (Å²) in [7, 11) is 0. The predicted octanol–water partition coefficient (Wildman–Crippen LogP) is 5.29. The monoisotopic (exact) mass is 453 g/mol. The van der Waals surface area contributed by atoms with Crippen molar-refractivity contribution in [1.29, 1.82) is 0 Å². The molecule has 1 fully saturated rings. The molecule has 2 heterocycles. The minimum absolute atomic E-state index is 0.0221. The van der Waals surface area contributed by atoms with Gasteiger partial charge in [0, 0.05) is 30.3 Å². The van der Waals surface area contributed by atoms with E-state index in [2.05, 4.69) is 10.3 Å². The summed E-state index contributed by atoms with van der Waals surface area (Å²) in [5, 5.41) is 3.56. The van der Waals surface area contributed by atoms with Crippen LogP contribution in [0.4, 0.5) is 14.5 Å². The highest BCUT2D eigenvalue weighted by Gasteiger charge is 2.41. The van der Waals surface area contributed by atoms with Crippen LogP contribution in [0.25, 0.3) is 10.9 Å². The Balaban J connectivity index is 1.87. The fourth-order valence-corrected chi connectivity index (χ4v) is 4.30. The van der Waals surface area contributed by atoms with E-state index in [1.807, 2.05) is 13.8 Å². The third-order valence-corrected chi connectivity index (χ3v) is 6.13. The summed E-state index contributed by atoms with van der Waals surface area (Å²) >= 11 is 12.5. The van der Waals surface area contributed by atoms with Crippen molar-refractivity contribution in [3.05, 3.63) is 68.2 Å². The summed E-state index contributed by atoms with van der Waals surface area (Å²) in [6.07, 6.45) is 1.71. The van der Waals surface area contributed by atoms with Gasteiger partial charge in [0.25, 0.3) is 5.56 Å². The standard InChI is InChI=1S/C21H19Cl2F2N3O2/c1-11(2)28-10-26-19-13(20(28)29)7-12(8-16(19)25)27-21(5-6-30-9-21)17-15(24)4-3-14(22)18(17)23/h3-4,7-8,10-11,27H,5-6,9H2,1-2H3. The Hall–Kier alpha value is -2.22. The molecule has 158 valence electrons. The first-order valence-corrected chi connectivity index (χ1v) is 10.2. The summed E-state index contributed by atoms with van der Waals surface area (Å²) in [4.78, 5) is 16.9. The van der Waals surface area contributed by atoms with E-state index in [0.29, 0.717) is 18.7 Å². The van der Waals surface area contributed by atoms with Crippen molar-refractivity contribution in [1.82, 2.24) is 9.55 Å². The maximum absolute atomic E-state index is 14.8. The summed E-state index contributed by atoms with van der Waals surface area (Å²) in [6, 6.07) is 5.22. The van der Waals surface area contributed by atoms with Gasteiger partial charge in [-0.1, -0.05) is 23.2 Å². The van der Waals surface area contributed by atoms with E-state index in [1.165, 1.54) is 35.2 Å². The van der Waals surface area contributed by atoms with E-state index in [9.17, 15) is 13.6 Å². The quantitative estimate of drug-likeness (QED) is 0.545. The van der Waals surface area contributed by atoms with Gasteiger partial charge in [-0.15, -0.1) is 0 Å². The molecule has 1 aliphatic rings. The largest absolute Gasteiger partial charge is 0.379 e. The number of nitrogens with zero attached hydrogens (tertiary/aromatic N) is 2. The van der Waals surface area contributed by atoms with Gasteiger partial charge in [0.15, 0.2) is 5.82 Å². The molecule has 1 unspecified atom stereocenters. The average molecular weight is 454 g/mol. The molecule has 0 aliphatic carbocycles. The van der Waals surface area contributed by atoms with E-state index < -0.39 is 17.2 Å². The molecule has 0 spiro atoms. The number of anilines is 1. The number of hydrogen-bond donors (Lipinski definition) is 1. The Bertz CT molecular complexity index is 1190. The highest BCUT2D eigenvalue weighted by atomic mass is 35.5. The Kier molecular flexibility index (Phi) is 5.46. The number of nitrogens with one attached hydrogen (secondary N) is 1. The van der Waals surface area contributed by atoms with Crippen LogP contribution in [0.1, 0.15) is 31.9 Å². The predicted molar refractivity (Wildman–Crippen MR) is 114 cm³/mol. The van der Waals surface area contributed by atoms with Gasteiger partial charge < -0.3 is 10.1 Å². The second-order valence-corrected chi connectivity index (χ2v) is 8.42. The SMILES string of the molecule is CC(C)n1cnc2c(F)cc(NC3(c4c(F)ccc(Cl)c4Cl)CCOC3)cc2c1=O. The molecule has 4 rings (SSSR count). The maximum Gasteiger partial charge on any atom is 0.261 e. The van der Waals surface area contributed by atoms with Gasteiger partial charge in [-0.2, -0.15) is 0 Å². The summed E-state index contributed by atoms with van der Waals surface area (Å²) in [5.41, 5.74) is -1.000. The molecule has 0 saturated carbocycles. The van der Waals surface area contributed by atoms with Gasteiger partial charge in [-0.05, 0) is 38.1 Å². The zero-order valence-corrected chi connectivity index (χ0v) is 17.8. The van der Waals surface area contributed by atoms with Crippen LogP contribution in [0.15, 0.2) is 35.4 Å². The van der Waals surface area contributed by atoms with Crippen LogP contribution >= 0.6 is 23.2 Å². The Labute approximate surface area is 181 Å². The smallest absolute Gasteiger partial charge is 0.261 e. The first-order valence-electron chi connectivity index (χ1n) is 9.44. The fourth-order valence-electron chi connectivity index (χ4n) is 3.81. The van der Waals surface area contributed by atoms with E-state index >= 15 is 0 Å². The van der Waals surface area contributed by atoms with Gasteiger partial charge in [0.2, 0.25) is 0 Å². The lowest BCUT2D eigenvalue weighted by Crippen LogP contribution is -2.37. The van der Waals surface area contributed by atoms with Crippen molar-refractivity contribution in [2.45, 2.75) is 31.8 Å². The molecule has 1 aliphatic heterocycles. The molecule has 1 N–H and O–H groups in total. The first-order chi connectivity index (χ1) is 14.2. The van der Waals surface area contributed by atoms with Gasteiger partial charge >= 0.3 is 0 Å². The van der Waals surface area contributed by atoms with Crippen LogP contribution in [0, 0.1) is 11.6 Å². The molecule has 30 heavy (non-hydrogen) atoms. The molecule has 1 atom stereocenters. The molecule has 1 aromatic heterocycles. The molecular weight excluding hydrogens is 435 g/mol. The number of aromatic nitrogens is 2. The van der Waals surface area contributed by atoms with Crippen LogP contribution in [0.5, 0.6) is 0 Å². The maximum atomic E-state index is 14.8. The zero-order chi connectivity index (χ0) is 21.6. The number of rotatable bonds is 4. The number of benzene rings is 2. The van der Waals surface area contributed by atoms with Crippen LogP contribution in [0.2, 0.25) is 10.0 Å². The van der Waals surface area contributed by atoms with Gasteiger partial charge in [0.05, 0.1) is 33.9 Å². The van der Waals surface area contributed by atoms with Gasteiger partial charge in [-0.3, -0.25) is 9.36 Å². The minimum Gasteiger partial charge on any atom is -0.379 e. The van der Waals surface area contributed by atoms with Crippen molar-refractivity contribution in [2.24, 2.45) is 0 Å². The molecule has 1 saturated heterocycles. The summed E-state index contributed by atoms with van der Waals surface area (Å²) in [6.45, 7) is 4.13. The van der Waals surface area contributed by atoms with Crippen molar-refractivity contribution in [3.8, 4) is 0 Å². The third-order valence-electron chi connectivity index (χ3n) is 5.32. The Morgan fingerprint density at radius 1 is 1.23 bits per heavy atom. The highest BCUT2D eigenvalue weighted by molar-refractivity contribution is 6.42. The lowest BCUT2D eigenvalue weighted by Gasteiger charge is -2.32. The molecule has 0 amide bonds. The molecule has 5 nitrogen and oxygen atoms in total. The van der Waals surface area contributed by atoms with E-state index in [1.54, 1.807) is 0 Å². The first kappa shape index (κ1) is 21.0. The van der Waals surface area contributed by atoms with E-state index in [4.69, 9.17) is 27.9 Å². The normalized spacial score (nSPS) is 19.0. The summed E-state index contributed by atoms with van der Waals surface area (Å²) in [5.74, 6) is -1.21. The van der Waals surface area contributed by atoms with E-state index in [-0.39, 0.29) is 44.7 Å². The fraction of sp³-hybridized carbons (Fsp3) is 0.333. The molecule has 0 bridgehead atoms. The molecule has 9 heteroatoms. The average Bonchev–Trinajstić information content (AvgIpc) is 3.14. The highest BCUT2D eigenvalue weighted by Crippen LogP contribution is 2.42. The lowest BCUT2D eigenvalue weighted by molar-refractivity contribution is 0.181. The second kappa shape index (κ2) is 7.80. The third kappa shape index (κ3) is 3.45. The van der Waals surface area contributed by atoms with Crippen molar-refractivity contribution >= 4 is 39.8 Å². The van der Waals surface area contributed by atoms with Crippen molar-refractivity contribution < 1.29 is 13.5 Å². The zero-order valence-electron chi connectivity index (χ0n) is 16.3. The minimum atomic E-state index is -1.06. The van der Waals surface area contributed by atoms with Crippen LogP contribution in [-0.2, 0) is 10.3 Å². The van der Waals surface area contributed by atoms with Crippen molar-refractivity contribution in [3.63, 3.8) is 0 Å². The molecule has 2 aromatic carbocycles. The number of hydrogen-bond acceptors (Lipinski definition) is 4. The summed E-state index contributed by atoms with van der Waals surface area (Å²) < 4.78 is 36.5. The lowest BCUT2D eigenvalue weighted by atomic mass is 9.88. The van der Waals surface area contributed by atoms with Gasteiger partial charge in [-0.25, -0.2) is 13.8 Å². The second-order valence-electron chi connectivity index (χ2n) is 7.63. The van der Waals surface area contributed by atoms with Crippen LogP contribution < -0.4 is 10.9 Å². The van der Waals surface area contributed by atoms with E-state index in [0.717, 1.165) is 0 Å². The Morgan fingerprint density at radius 2 is 2.00 bits per heavy atom. The Morgan fingerprint density at radius 3 is 2.67 bits per heavy atom. The molecular formula is C21H19Cl2F2N3O2. The van der Waals surface area contributed by atoms with Crippen LogP contribution in [0.3, 0.4) is 0 Å². The topological polar surface area (TPSA) is 56.1 Å². The van der Waals surface area contributed by atoms with Crippen LogP contribution in [-0.4, -0.2) is 22.8 Å².